The van der Waals surface area contributed by atoms with E-state index >= 15 is 0 Å². The monoisotopic (exact) mass is 471 g/mol. The number of aliphatic hydroxyl groups is 1. The van der Waals surface area contributed by atoms with E-state index in [1.54, 1.807) is 0 Å². The van der Waals surface area contributed by atoms with Crippen molar-refractivity contribution in [2.24, 2.45) is 39.7 Å². The number of hydrogen-bond donors (Lipinski definition) is 3. The minimum atomic E-state index is -0.436. The molecule has 4 aliphatic carbocycles. The fourth-order valence-electron chi connectivity index (χ4n) is 8.91. The number of allylic oxidation sites excluding steroid dienone is 1. The second-order valence-electron chi connectivity index (χ2n) is 12.4. The van der Waals surface area contributed by atoms with E-state index < -0.39 is 6.09 Å². The zero-order valence-electron chi connectivity index (χ0n) is 21.4. The van der Waals surface area contributed by atoms with E-state index in [0.29, 0.717) is 18.5 Å². The number of carbonyl (C=O) groups excluding carboxylic acids is 1. The summed E-state index contributed by atoms with van der Waals surface area (Å²) in [5.74, 6) is 2.62. The van der Waals surface area contributed by atoms with Crippen LogP contribution >= 0.6 is 0 Å². The Labute approximate surface area is 205 Å². The Hall–Kier alpha value is -1.40. The van der Waals surface area contributed by atoms with Gasteiger partial charge in [0, 0.05) is 18.5 Å². The third-order valence-corrected chi connectivity index (χ3v) is 10.8. The van der Waals surface area contributed by atoms with Crippen LogP contribution in [0, 0.1) is 34.5 Å². The Kier molecular flexibility index (Phi) is 6.84. The molecule has 5 rings (SSSR count). The van der Waals surface area contributed by atoms with Gasteiger partial charge in [0.2, 0.25) is 0 Å². The van der Waals surface area contributed by atoms with Gasteiger partial charge in [0.15, 0.2) is 0 Å². The van der Waals surface area contributed by atoms with Gasteiger partial charge in [-0.15, -0.1) is 0 Å². The lowest BCUT2D eigenvalue weighted by atomic mass is 9.46. The topological polar surface area (TPSA) is 83.0 Å². The molecule has 190 valence electrons. The van der Waals surface area contributed by atoms with Crippen LogP contribution < -0.4 is 10.6 Å². The molecule has 0 spiro atoms. The Morgan fingerprint density at radius 1 is 1.15 bits per heavy atom. The van der Waals surface area contributed by atoms with E-state index in [0.717, 1.165) is 62.1 Å². The van der Waals surface area contributed by atoms with Crippen LogP contribution in [0.4, 0.5) is 4.79 Å². The molecular formula is C28H45N3O3. The Bertz CT molecular complexity index is 835. The average molecular weight is 472 g/mol. The minimum Gasteiger partial charge on any atom is -0.389 e. The van der Waals surface area contributed by atoms with Crippen molar-refractivity contribution in [3.8, 4) is 0 Å². The normalized spacial score (nSPS) is 44.4. The van der Waals surface area contributed by atoms with Crippen molar-refractivity contribution >= 4 is 11.8 Å². The standard InChI is InChI=1S/C28H45N3O3/c1-18(31-34-26(33)30-17-20-6-4-5-15-29-20)23-9-10-24-22-8-7-19-16-21(32)11-13-27(19,2)25(22)12-14-28(23,24)3/h16,20-25,29,32H,4-15,17H2,1-3H3,(H,30,33)/b31-18+/t20?,21-,22+,23-,24+,25+,27+,28-/m1/s1. The van der Waals surface area contributed by atoms with Gasteiger partial charge in [0.05, 0.1) is 11.8 Å². The third kappa shape index (κ3) is 4.34. The van der Waals surface area contributed by atoms with Gasteiger partial charge in [-0.1, -0.05) is 37.1 Å². The van der Waals surface area contributed by atoms with E-state index in [2.05, 4.69) is 42.6 Å². The zero-order chi connectivity index (χ0) is 23.9. The first-order valence-corrected chi connectivity index (χ1v) is 13.9. The Balaban J connectivity index is 1.21. The van der Waals surface area contributed by atoms with Gasteiger partial charge in [-0.3, -0.25) is 4.84 Å². The Morgan fingerprint density at radius 3 is 2.79 bits per heavy atom. The molecule has 1 unspecified atom stereocenters. The molecule has 4 fully saturated rings. The number of hydrogen-bond acceptors (Lipinski definition) is 5. The van der Waals surface area contributed by atoms with Crippen LogP contribution in [0.5, 0.6) is 0 Å². The van der Waals surface area contributed by atoms with Crippen LogP contribution in [-0.4, -0.2) is 42.1 Å². The number of oxime groups is 1. The maximum absolute atomic E-state index is 12.3. The average Bonchev–Trinajstić information content (AvgIpc) is 3.19. The molecular weight excluding hydrogens is 426 g/mol. The summed E-state index contributed by atoms with van der Waals surface area (Å²) in [5.41, 5.74) is 3.04. The van der Waals surface area contributed by atoms with Crippen LogP contribution in [0.15, 0.2) is 16.8 Å². The van der Waals surface area contributed by atoms with Crippen molar-refractivity contribution in [1.82, 2.24) is 10.6 Å². The molecule has 0 radical (unpaired) electrons. The highest BCUT2D eigenvalue weighted by atomic mass is 16.7. The van der Waals surface area contributed by atoms with Crippen LogP contribution in [0.2, 0.25) is 0 Å². The number of aliphatic hydroxyl groups excluding tert-OH is 1. The fraction of sp³-hybridized carbons (Fsp3) is 0.857. The largest absolute Gasteiger partial charge is 0.433 e. The molecule has 1 amide bonds. The van der Waals surface area contributed by atoms with E-state index in [1.165, 1.54) is 44.1 Å². The SMILES string of the molecule is C/C(=N\OC(=O)NCC1CCCCN1)[C@H]1CC[C@H]2[C@@H]3CCC4=C[C@H](O)CC[C@]4(C)[C@H]3CC[C@]12C. The van der Waals surface area contributed by atoms with Gasteiger partial charge in [-0.05, 0) is 106 Å². The number of piperidine rings is 1. The van der Waals surface area contributed by atoms with Gasteiger partial charge >= 0.3 is 6.09 Å². The molecule has 3 saturated carbocycles. The van der Waals surface area contributed by atoms with Crippen molar-refractivity contribution in [3.05, 3.63) is 11.6 Å². The number of nitrogens with one attached hydrogen (secondary N) is 2. The molecule has 1 heterocycles. The number of fused-ring (bicyclic) bond motifs is 5. The maximum atomic E-state index is 12.3. The predicted molar refractivity (Wildman–Crippen MR) is 134 cm³/mol. The van der Waals surface area contributed by atoms with Crippen molar-refractivity contribution in [2.45, 2.75) is 104 Å². The molecule has 3 N–H and O–H groups in total. The smallest absolute Gasteiger partial charge is 0.389 e. The minimum absolute atomic E-state index is 0.237. The molecule has 0 aromatic carbocycles. The highest BCUT2D eigenvalue weighted by molar-refractivity contribution is 5.85. The summed E-state index contributed by atoms with van der Waals surface area (Å²) in [6.45, 7) is 8.66. The van der Waals surface area contributed by atoms with E-state index in [9.17, 15) is 9.90 Å². The second-order valence-corrected chi connectivity index (χ2v) is 12.4. The molecule has 6 heteroatoms. The fourth-order valence-corrected chi connectivity index (χ4v) is 8.91. The van der Waals surface area contributed by atoms with Crippen molar-refractivity contribution < 1.29 is 14.7 Å². The molecule has 8 atom stereocenters. The second kappa shape index (κ2) is 9.57. The predicted octanol–water partition coefficient (Wildman–Crippen LogP) is 5.17. The first-order chi connectivity index (χ1) is 16.3. The summed E-state index contributed by atoms with van der Waals surface area (Å²) >= 11 is 0. The van der Waals surface area contributed by atoms with Gasteiger partial charge in [0.1, 0.15) is 0 Å². The lowest BCUT2D eigenvalue weighted by molar-refractivity contribution is -0.0479. The van der Waals surface area contributed by atoms with Crippen molar-refractivity contribution in [3.63, 3.8) is 0 Å². The number of amides is 1. The van der Waals surface area contributed by atoms with E-state index in [-0.39, 0.29) is 16.9 Å². The molecule has 1 aliphatic heterocycles. The van der Waals surface area contributed by atoms with Gasteiger partial charge in [-0.25, -0.2) is 4.79 Å². The number of carbonyl (C=O) groups is 1. The molecule has 1 saturated heterocycles. The van der Waals surface area contributed by atoms with Crippen LogP contribution in [0.1, 0.15) is 91.4 Å². The maximum Gasteiger partial charge on any atom is 0.433 e. The summed E-state index contributed by atoms with van der Waals surface area (Å²) in [7, 11) is 0. The molecule has 0 aromatic heterocycles. The zero-order valence-corrected chi connectivity index (χ0v) is 21.4. The highest BCUT2D eigenvalue weighted by Gasteiger charge is 2.59. The molecule has 0 aromatic rings. The molecule has 34 heavy (non-hydrogen) atoms. The summed E-state index contributed by atoms with van der Waals surface area (Å²) in [6.07, 6.45) is 14.4. The highest BCUT2D eigenvalue weighted by Crippen LogP contribution is 2.66. The summed E-state index contributed by atoms with van der Waals surface area (Å²) in [5, 5.41) is 20.9. The summed E-state index contributed by atoms with van der Waals surface area (Å²) in [6, 6.07) is 0.344. The lowest BCUT2D eigenvalue weighted by Gasteiger charge is -2.58. The van der Waals surface area contributed by atoms with E-state index in [4.69, 9.17) is 4.84 Å². The van der Waals surface area contributed by atoms with E-state index in [1.807, 2.05) is 0 Å². The molecule has 6 nitrogen and oxygen atoms in total. The number of rotatable bonds is 4. The lowest BCUT2D eigenvalue weighted by Crippen LogP contribution is -2.51. The van der Waals surface area contributed by atoms with Gasteiger partial charge < -0.3 is 15.7 Å². The van der Waals surface area contributed by atoms with Crippen LogP contribution in [-0.2, 0) is 4.84 Å². The van der Waals surface area contributed by atoms with Gasteiger partial charge in [0.25, 0.3) is 0 Å². The first-order valence-electron chi connectivity index (χ1n) is 13.9. The van der Waals surface area contributed by atoms with Crippen molar-refractivity contribution in [2.75, 3.05) is 13.1 Å². The first kappa shape index (κ1) is 24.3. The van der Waals surface area contributed by atoms with Crippen molar-refractivity contribution in [1.29, 1.82) is 0 Å². The summed E-state index contributed by atoms with van der Waals surface area (Å²) in [4.78, 5) is 17.6. The van der Waals surface area contributed by atoms with Crippen LogP contribution in [0.25, 0.3) is 0 Å². The summed E-state index contributed by atoms with van der Waals surface area (Å²) < 4.78 is 0. The molecule has 5 aliphatic rings. The Morgan fingerprint density at radius 2 is 2.00 bits per heavy atom. The third-order valence-electron chi connectivity index (χ3n) is 10.8. The quantitative estimate of drug-likeness (QED) is 0.229. The van der Waals surface area contributed by atoms with Crippen LogP contribution in [0.3, 0.4) is 0 Å². The number of nitrogens with zero attached hydrogens (tertiary/aromatic N) is 1. The van der Waals surface area contributed by atoms with Gasteiger partial charge in [-0.2, -0.15) is 0 Å². The molecule has 0 bridgehead atoms.